The lowest BCUT2D eigenvalue weighted by atomic mass is 9.89. The standard InChI is InChI=1S/C25H23FN3O5P/c1-17(22-23(29(2)25(31)24(22)30)18-13-15-19(26)16-14-18)27-28-35(32,33-20-9-5-3-6-10-20)34-21-11-7-4-8-12-21/h3-16,22-23H,1-2H3,(H,28,32)/b27-17+. The van der Waals surface area contributed by atoms with Gasteiger partial charge in [0.2, 0.25) is 5.78 Å². The first-order valence-corrected chi connectivity index (χ1v) is 12.3. The molecular formula is C25H23FN3O5P. The Bertz CT molecular complexity index is 1240. The van der Waals surface area contributed by atoms with E-state index in [2.05, 4.69) is 10.3 Å². The second-order valence-corrected chi connectivity index (χ2v) is 9.47. The summed E-state index contributed by atoms with van der Waals surface area (Å²) in [6, 6.07) is 21.7. The highest BCUT2D eigenvalue weighted by molar-refractivity contribution is 7.52. The first kappa shape index (κ1) is 24.2. The predicted octanol–water partition coefficient (Wildman–Crippen LogP) is 4.76. The van der Waals surface area contributed by atoms with Crippen LogP contribution >= 0.6 is 7.75 Å². The highest BCUT2D eigenvalue weighted by Gasteiger charge is 2.48. The monoisotopic (exact) mass is 495 g/mol. The minimum Gasteiger partial charge on any atom is -0.399 e. The number of Topliss-reactive ketones (excluding diaryl/α,β-unsaturated/α-hetero) is 1. The van der Waals surface area contributed by atoms with Crippen molar-refractivity contribution in [1.82, 2.24) is 10.1 Å². The Morgan fingerprint density at radius 3 is 1.94 bits per heavy atom. The van der Waals surface area contributed by atoms with Crippen LogP contribution in [-0.2, 0) is 14.2 Å². The van der Waals surface area contributed by atoms with E-state index >= 15 is 0 Å². The average Bonchev–Trinajstić information content (AvgIpc) is 3.08. The zero-order valence-corrected chi connectivity index (χ0v) is 19.9. The van der Waals surface area contributed by atoms with Gasteiger partial charge in [0.05, 0.1) is 12.0 Å². The van der Waals surface area contributed by atoms with Crippen molar-refractivity contribution in [3.63, 3.8) is 0 Å². The molecule has 0 saturated carbocycles. The van der Waals surface area contributed by atoms with Crippen molar-refractivity contribution in [3.8, 4) is 11.5 Å². The maximum atomic E-state index is 13.6. The molecule has 1 fully saturated rings. The van der Waals surface area contributed by atoms with Crippen LogP contribution in [0.25, 0.3) is 0 Å². The zero-order chi connectivity index (χ0) is 25.0. The van der Waals surface area contributed by atoms with E-state index < -0.39 is 37.2 Å². The highest BCUT2D eigenvalue weighted by Crippen LogP contribution is 2.45. The zero-order valence-electron chi connectivity index (χ0n) is 19.0. The number of rotatable bonds is 8. The van der Waals surface area contributed by atoms with Gasteiger partial charge < -0.3 is 13.9 Å². The molecule has 1 heterocycles. The maximum Gasteiger partial charge on any atom is 0.557 e. The first-order valence-electron chi connectivity index (χ1n) is 10.7. The molecule has 0 spiro atoms. The SMILES string of the molecule is C/C(=N\NP(=O)(Oc1ccccc1)Oc1ccccc1)C1C(=O)C(=O)N(C)C1c1ccc(F)cc1. The van der Waals surface area contributed by atoms with Crippen LogP contribution in [-0.4, -0.2) is 29.3 Å². The molecule has 2 unspecified atom stereocenters. The number of carbonyl (C=O) groups is 2. The molecular weight excluding hydrogens is 472 g/mol. The Labute approximate surface area is 202 Å². The molecule has 8 nitrogen and oxygen atoms in total. The van der Waals surface area contributed by atoms with Gasteiger partial charge in [-0.25, -0.2) is 8.96 Å². The van der Waals surface area contributed by atoms with Crippen molar-refractivity contribution >= 4 is 25.1 Å². The Kier molecular flexibility index (Phi) is 6.98. The van der Waals surface area contributed by atoms with Gasteiger partial charge >= 0.3 is 7.75 Å². The number of ketones is 1. The molecule has 0 radical (unpaired) electrons. The van der Waals surface area contributed by atoms with E-state index in [1.54, 1.807) is 60.7 Å². The lowest BCUT2D eigenvalue weighted by molar-refractivity contribution is -0.140. The molecule has 3 aromatic carbocycles. The van der Waals surface area contributed by atoms with Crippen LogP contribution in [0.5, 0.6) is 11.5 Å². The molecule has 0 aliphatic carbocycles. The normalized spacial score (nSPS) is 18.5. The topological polar surface area (TPSA) is 97.3 Å². The molecule has 2 atom stereocenters. The van der Waals surface area contributed by atoms with Crippen LogP contribution in [0.15, 0.2) is 90.0 Å². The van der Waals surface area contributed by atoms with Crippen LogP contribution in [0.1, 0.15) is 18.5 Å². The smallest absolute Gasteiger partial charge is 0.399 e. The van der Waals surface area contributed by atoms with E-state index in [4.69, 9.17) is 9.05 Å². The Hall–Kier alpha value is -3.97. The Morgan fingerprint density at radius 1 is 0.914 bits per heavy atom. The molecule has 1 aliphatic rings. The van der Waals surface area contributed by atoms with Crippen LogP contribution < -0.4 is 14.2 Å². The summed E-state index contributed by atoms with van der Waals surface area (Å²) in [4.78, 5) is 26.6. The molecule has 4 rings (SSSR count). The summed E-state index contributed by atoms with van der Waals surface area (Å²) >= 11 is 0. The maximum absolute atomic E-state index is 13.6. The number of hydrazone groups is 1. The molecule has 10 heteroatoms. The van der Waals surface area contributed by atoms with Crippen molar-refractivity contribution in [2.75, 3.05) is 7.05 Å². The number of likely N-dealkylation sites (tertiary alicyclic amines) is 1. The third-order valence-electron chi connectivity index (χ3n) is 5.49. The minimum atomic E-state index is -4.10. The van der Waals surface area contributed by atoms with Crippen LogP contribution in [0, 0.1) is 11.7 Å². The third kappa shape index (κ3) is 5.41. The van der Waals surface area contributed by atoms with Crippen LogP contribution in [0.3, 0.4) is 0 Å². The highest BCUT2D eigenvalue weighted by atomic mass is 31.2. The van der Waals surface area contributed by atoms with E-state index in [0.717, 1.165) is 0 Å². The summed E-state index contributed by atoms with van der Waals surface area (Å²) in [5.74, 6) is -2.22. The molecule has 1 saturated heterocycles. The second-order valence-electron chi connectivity index (χ2n) is 7.91. The molecule has 1 amide bonds. The predicted molar refractivity (Wildman–Crippen MR) is 128 cm³/mol. The summed E-state index contributed by atoms with van der Waals surface area (Å²) in [5.41, 5.74) is 0.757. The summed E-state index contributed by atoms with van der Waals surface area (Å²) < 4.78 is 38.3. The van der Waals surface area contributed by atoms with Crippen molar-refractivity contribution in [1.29, 1.82) is 0 Å². The molecule has 1 N–H and O–H groups in total. The number of para-hydroxylation sites is 2. The fourth-order valence-electron chi connectivity index (χ4n) is 3.80. The van der Waals surface area contributed by atoms with E-state index in [1.165, 1.54) is 43.1 Å². The van der Waals surface area contributed by atoms with Gasteiger partial charge in [-0.05, 0) is 48.9 Å². The number of amides is 1. The van der Waals surface area contributed by atoms with Crippen molar-refractivity contribution in [3.05, 3.63) is 96.3 Å². The van der Waals surface area contributed by atoms with Crippen molar-refractivity contribution in [2.45, 2.75) is 13.0 Å². The van der Waals surface area contributed by atoms with Gasteiger partial charge in [0.1, 0.15) is 17.3 Å². The Balaban J connectivity index is 1.64. The van der Waals surface area contributed by atoms with Gasteiger partial charge in [0.15, 0.2) is 0 Å². The quantitative estimate of drug-likeness (QED) is 0.210. The molecule has 35 heavy (non-hydrogen) atoms. The summed E-state index contributed by atoms with van der Waals surface area (Å²) in [5, 5.41) is 6.62. The summed E-state index contributed by atoms with van der Waals surface area (Å²) in [6.07, 6.45) is 0. The van der Waals surface area contributed by atoms with Crippen molar-refractivity contribution < 1.29 is 27.6 Å². The minimum absolute atomic E-state index is 0.190. The molecule has 0 aromatic heterocycles. The number of halogens is 1. The number of benzene rings is 3. The van der Waals surface area contributed by atoms with Crippen molar-refractivity contribution in [2.24, 2.45) is 11.0 Å². The van der Waals surface area contributed by atoms with E-state index in [-0.39, 0.29) is 17.2 Å². The van der Waals surface area contributed by atoms with Crippen LogP contribution in [0.4, 0.5) is 4.39 Å². The molecule has 1 aliphatic heterocycles. The summed E-state index contributed by atoms with van der Waals surface area (Å²) in [6.45, 7) is 1.54. The van der Waals surface area contributed by atoms with Gasteiger partial charge in [-0.3, -0.25) is 9.59 Å². The Morgan fingerprint density at radius 2 is 1.43 bits per heavy atom. The molecule has 0 bridgehead atoms. The van der Waals surface area contributed by atoms with E-state index in [1.807, 2.05) is 0 Å². The van der Waals surface area contributed by atoms with Gasteiger partial charge in [0.25, 0.3) is 5.91 Å². The number of nitrogens with zero attached hydrogens (tertiary/aromatic N) is 2. The third-order valence-corrected chi connectivity index (χ3v) is 6.74. The van der Waals surface area contributed by atoms with Gasteiger partial charge in [-0.1, -0.05) is 48.5 Å². The number of hydrogen-bond donors (Lipinski definition) is 1. The largest absolute Gasteiger partial charge is 0.557 e. The number of likely N-dealkylation sites (N-methyl/N-ethyl adjacent to an activating group) is 1. The lowest BCUT2D eigenvalue weighted by Gasteiger charge is -2.24. The fraction of sp³-hybridized carbons (Fsp3) is 0.160. The number of carbonyl (C=O) groups excluding carboxylic acids is 2. The molecule has 3 aromatic rings. The average molecular weight is 495 g/mol. The van der Waals surface area contributed by atoms with Gasteiger partial charge in [0, 0.05) is 12.8 Å². The van der Waals surface area contributed by atoms with Crippen LogP contribution in [0.2, 0.25) is 0 Å². The van der Waals surface area contributed by atoms with E-state index in [9.17, 15) is 18.5 Å². The molecule has 180 valence electrons. The first-order chi connectivity index (χ1) is 16.8. The second kappa shape index (κ2) is 10.1. The van der Waals surface area contributed by atoms with Gasteiger partial charge in [-0.15, -0.1) is 0 Å². The number of nitrogens with one attached hydrogen (secondary N) is 1. The van der Waals surface area contributed by atoms with E-state index in [0.29, 0.717) is 5.56 Å². The van der Waals surface area contributed by atoms with Gasteiger partial charge in [-0.2, -0.15) is 10.3 Å². The number of hydrogen-bond acceptors (Lipinski definition) is 6. The summed E-state index contributed by atoms with van der Waals surface area (Å²) in [7, 11) is -2.61. The lowest BCUT2D eigenvalue weighted by Crippen LogP contribution is -2.27. The fourth-order valence-corrected chi connectivity index (χ4v) is 5.00.